The topological polar surface area (TPSA) is 66.5 Å². The summed E-state index contributed by atoms with van der Waals surface area (Å²) in [7, 11) is -3.59. The average molecular weight is 355 g/mol. The number of hydrogen-bond donors (Lipinski definition) is 1. The van der Waals surface area contributed by atoms with Gasteiger partial charge in [0.25, 0.3) is 0 Å². The van der Waals surface area contributed by atoms with Gasteiger partial charge in [0.1, 0.15) is 6.04 Å². The summed E-state index contributed by atoms with van der Waals surface area (Å²) in [6, 6.07) is 4.67. The fraction of sp³-hybridized carbons (Fsp3) is 0.611. The van der Waals surface area contributed by atoms with Gasteiger partial charge in [-0.25, -0.2) is 8.42 Å². The molecule has 0 aliphatic rings. The van der Waals surface area contributed by atoms with Crippen molar-refractivity contribution < 1.29 is 13.2 Å². The summed E-state index contributed by atoms with van der Waals surface area (Å²) >= 11 is 0. The molecular formula is C18H30N2O3S. The van der Waals surface area contributed by atoms with Crippen LogP contribution < -0.4 is 9.62 Å². The Morgan fingerprint density at radius 3 is 2.17 bits per heavy atom. The van der Waals surface area contributed by atoms with E-state index in [4.69, 9.17) is 0 Å². The molecule has 0 aromatic heterocycles. The van der Waals surface area contributed by atoms with Gasteiger partial charge in [-0.3, -0.25) is 9.10 Å². The molecule has 136 valence electrons. The molecule has 0 saturated heterocycles. The quantitative estimate of drug-likeness (QED) is 0.818. The number of sulfonamides is 1. The molecule has 1 amide bonds. The van der Waals surface area contributed by atoms with Crippen LogP contribution in [0.25, 0.3) is 0 Å². The number of nitrogens with zero attached hydrogens (tertiary/aromatic N) is 1. The summed E-state index contributed by atoms with van der Waals surface area (Å²) in [5.74, 6) is 0.0158. The zero-order chi connectivity index (χ0) is 18.7. The van der Waals surface area contributed by atoms with Crippen LogP contribution in [-0.2, 0) is 14.8 Å². The van der Waals surface area contributed by atoms with Crippen LogP contribution in [0.3, 0.4) is 0 Å². The van der Waals surface area contributed by atoms with Gasteiger partial charge in [0.2, 0.25) is 15.9 Å². The third kappa shape index (κ3) is 4.97. The van der Waals surface area contributed by atoms with E-state index in [9.17, 15) is 13.2 Å². The zero-order valence-electron chi connectivity index (χ0n) is 15.8. The Bertz CT molecular complexity index is 684. The molecule has 0 aliphatic carbocycles. The second-order valence-electron chi connectivity index (χ2n) is 6.79. The van der Waals surface area contributed by atoms with Crippen LogP contribution >= 0.6 is 0 Å². The summed E-state index contributed by atoms with van der Waals surface area (Å²) < 4.78 is 26.0. The SMILES string of the molecule is CC[C@H](C(=O)N[C@H](C)C(C)C)N(c1ccc(C)c(C)c1)S(C)(=O)=O. The number of benzene rings is 1. The normalized spacial score (nSPS) is 14.3. The van der Waals surface area contributed by atoms with Crippen molar-refractivity contribution in [2.24, 2.45) is 5.92 Å². The number of aryl methyl sites for hydroxylation is 2. The first-order chi connectivity index (χ1) is 11.0. The maximum Gasteiger partial charge on any atom is 0.244 e. The van der Waals surface area contributed by atoms with Crippen LogP contribution in [0, 0.1) is 19.8 Å². The van der Waals surface area contributed by atoms with Gasteiger partial charge >= 0.3 is 0 Å². The molecular weight excluding hydrogens is 324 g/mol. The van der Waals surface area contributed by atoms with Crippen LogP contribution in [0.5, 0.6) is 0 Å². The van der Waals surface area contributed by atoms with Crippen molar-refractivity contribution in [3.05, 3.63) is 29.3 Å². The van der Waals surface area contributed by atoms with Gasteiger partial charge in [0.15, 0.2) is 0 Å². The Kier molecular flexibility index (Phi) is 6.84. The Morgan fingerprint density at radius 2 is 1.75 bits per heavy atom. The summed E-state index contributed by atoms with van der Waals surface area (Å²) in [6.45, 7) is 11.7. The van der Waals surface area contributed by atoms with Gasteiger partial charge < -0.3 is 5.32 Å². The largest absolute Gasteiger partial charge is 0.352 e. The van der Waals surface area contributed by atoms with E-state index >= 15 is 0 Å². The van der Waals surface area contributed by atoms with Gasteiger partial charge in [0, 0.05) is 6.04 Å². The minimum Gasteiger partial charge on any atom is -0.352 e. The van der Waals surface area contributed by atoms with Crippen LogP contribution in [-0.4, -0.2) is 32.7 Å². The number of anilines is 1. The predicted octanol–water partition coefficient (Wildman–Crippen LogP) is 3.01. The van der Waals surface area contributed by atoms with Crippen LogP contribution in [0.1, 0.15) is 45.2 Å². The van der Waals surface area contributed by atoms with Crippen molar-refractivity contribution in [2.45, 2.75) is 60.0 Å². The van der Waals surface area contributed by atoms with Gasteiger partial charge in [-0.2, -0.15) is 0 Å². The highest BCUT2D eigenvalue weighted by molar-refractivity contribution is 7.92. The highest BCUT2D eigenvalue weighted by Crippen LogP contribution is 2.25. The molecule has 24 heavy (non-hydrogen) atoms. The molecule has 2 atom stereocenters. The molecule has 0 bridgehead atoms. The molecule has 1 rings (SSSR count). The van der Waals surface area contributed by atoms with Crippen molar-refractivity contribution in [1.29, 1.82) is 0 Å². The van der Waals surface area contributed by atoms with E-state index in [0.717, 1.165) is 17.4 Å². The third-order valence-electron chi connectivity index (χ3n) is 4.44. The average Bonchev–Trinajstić information content (AvgIpc) is 2.46. The maximum atomic E-state index is 12.7. The number of hydrogen-bond acceptors (Lipinski definition) is 3. The molecule has 5 nitrogen and oxygen atoms in total. The molecule has 0 radical (unpaired) electrons. The monoisotopic (exact) mass is 354 g/mol. The number of carbonyl (C=O) groups is 1. The second kappa shape index (κ2) is 8.01. The molecule has 0 heterocycles. The zero-order valence-corrected chi connectivity index (χ0v) is 16.6. The van der Waals surface area contributed by atoms with Crippen LogP contribution in [0.4, 0.5) is 5.69 Å². The van der Waals surface area contributed by atoms with E-state index < -0.39 is 16.1 Å². The van der Waals surface area contributed by atoms with E-state index in [1.165, 1.54) is 4.31 Å². The van der Waals surface area contributed by atoms with E-state index in [-0.39, 0.29) is 17.9 Å². The Hall–Kier alpha value is -1.56. The molecule has 6 heteroatoms. The Labute approximate surface area is 146 Å². The van der Waals surface area contributed by atoms with Crippen LogP contribution in [0.2, 0.25) is 0 Å². The van der Waals surface area contributed by atoms with E-state index in [0.29, 0.717) is 12.1 Å². The van der Waals surface area contributed by atoms with Crippen molar-refractivity contribution in [3.8, 4) is 0 Å². The highest BCUT2D eigenvalue weighted by Gasteiger charge is 2.32. The smallest absolute Gasteiger partial charge is 0.244 e. The molecule has 1 aromatic carbocycles. The Morgan fingerprint density at radius 1 is 1.17 bits per heavy atom. The lowest BCUT2D eigenvalue weighted by molar-refractivity contribution is -0.123. The van der Waals surface area contributed by atoms with Crippen molar-refractivity contribution in [3.63, 3.8) is 0 Å². The summed E-state index contributed by atoms with van der Waals surface area (Å²) in [5.41, 5.74) is 2.60. The maximum absolute atomic E-state index is 12.7. The number of carbonyl (C=O) groups excluding carboxylic acids is 1. The summed E-state index contributed by atoms with van der Waals surface area (Å²) in [5, 5.41) is 2.93. The highest BCUT2D eigenvalue weighted by atomic mass is 32.2. The molecule has 0 fully saturated rings. The van der Waals surface area contributed by atoms with Crippen LogP contribution in [0.15, 0.2) is 18.2 Å². The van der Waals surface area contributed by atoms with Crippen molar-refractivity contribution >= 4 is 21.6 Å². The van der Waals surface area contributed by atoms with Gasteiger partial charge in [-0.05, 0) is 56.4 Å². The minimum absolute atomic E-state index is 0.0206. The first-order valence-corrected chi connectivity index (χ1v) is 10.2. The fourth-order valence-electron chi connectivity index (χ4n) is 2.41. The standard InChI is InChI=1S/C18H30N2O3S/c1-8-17(18(21)19-15(6)12(2)3)20(24(7,22)23)16-10-9-13(4)14(5)11-16/h9-12,15,17H,8H2,1-7H3,(H,19,21)/t15-,17-/m1/s1. The molecule has 0 spiro atoms. The van der Waals surface area contributed by atoms with Crippen molar-refractivity contribution in [2.75, 3.05) is 10.6 Å². The second-order valence-corrected chi connectivity index (χ2v) is 8.65. The Balaban J connectivity index is 3.27. The van der Waals surface area contributed by atoms with Crippen molar-refractivity contribution in [1.82, 2.24) is 5.32 Å². The predicted molar refractivity (Wildman–Crippen MR) is 99.8 cm³/mol. The molecule has 0 saturated carbocycles. The lowest BCUT2D eigenvalue weighted by atomic mass is 10.1. The number of amides is 1. The van der Waals surface area contributed by atoms with Gasteiger partial charge in [-0.15, -0.1) is 0 Å². The summed E-state index contributed by atoms with van der Waals surface area (Å²) in [6.07, 6.45) is 1.54. The summed E-state index contributed by atoms with van der Waals surface area (Å²) in [4.78, 5) is 12.7. The molecule has 0 unspecified atom stereocenters. The molecule has 1 N–H and O–H groups in total. The first-order valence-electron chi connectivity index (χ1n) is 8.36. The van der Waals surface area contributed by atoms with E-state index in [1.807, 2.05) is 53.7 Å². The fourth-order valence-corrected chi connectivity index (χ4v) is 3.61. The number of rotatable bonds is 7. The number of nitrogens with one attached hydrogen (secondary N) is 1. The van der Waals surface area contributed by atoms with E-state index in [1.54, 1.807) is 6.07 Å². The van der Waals surface area contributed by atoms with Gasteiger partial charge in [-0.1, -0.05) is 26.8 Å². The lowest BCUT2D eigenvalue weighted by Gasteiger charge is -2.32. The van der Waals surface area contributed by atoms with E-state index in [2.05, 4.69) is 5.32 Å². The molecule has 1 aromatic rings. The first kappa shape index (κ1) is 20.5. The molecule has 0 aliphatic heterocycles. The lowest BCUT2D eigenvalue weighted by Crippen LogP contribution is -2.52. The minimum atomic E-state index is -3.59. The van der Waals surface area contributed by atoms with Gasteiger partial charge in [0.05, 0.1) is 11.9 Å². The third-order valence-corrected chi connectivity index (χ3v) is 5.62.